The second kappa shape index (κ2) is 8.77. The first-order valence-electron chi connectivity index (χ1n) is 10.9. The standard InChI is InChI=1S/C22H22ClF4N7/c1-13-17(24)9-28-21(29-13)33-6-4-14(5-7-33)20-31-30-19-11-32(12-22(25,26)27)10-15-8-16(23)2-3-18(15)34(19)20/h2-3,8-9,14H,4-7,10-12H2,1H3. The van der Waals surface area contributed by atoms with Gasteiger partial charge in [0.1, 0.15) is 5.82 Å². The zero-order valence-corrected chi connectivity index (χ0v) is 19.1. The van der Waals surface area contributed by atoms with Crippen molar-refractivity contribution in [2.75, 3.05) is 24.5 Å². The van der Waals surface area contributed by atoms with Crippen LogP contribution in [-0.4, -0.2) is 55.4 Å². The lowest BCUT2D eigenvalue weighted by Gasteiger charge is -2.31. The van der Waals surface area contributed by atoms with E-state index < -0.39 is 18.5 Å². The molecule has 7 nitrogen and oxygen atoms in total. The molecule has 0 spiro atoms. The average molecular weight is 496 g/mol. The second-order valence-electron chi connectivity index (χ2n) is 8.71. The molecule has 0 radical (unpaired) electrons. The topological polar surface area (TPSA) is 63.0 Å². The molecule has 1 saturated heterocycles. The Hall–Kier alpha value is -2.79. The fourth-order valence-electron chi connectivity index (χ4n) is 4.65. The van der Waals surface area contributed by atoms with Crippen molar-refractivity contribution >= 4 is 17.5 Å². The first-order chi connectivity index (χ1) is 16.2. The van der Waals surface area contributed by atoms with E-state index in [2.05, 4.69) is 20.2 Å². The summed E-state index contributed by atoms with van der Waals surface area (Å²) in [7, 11) is 0. The van der Waals surface area contributed by atoms with Crippen molar-refractivity contribution in [2.45, 2.75) is 44.9 Å². The van der Waals surface area contributed by atoms with Gasteiger partial charge in [-0.2, -0.15) is 13.2 Å². The monoisotopic (exact) mass is 495 g/mol. The Kier molecular flexibility index (Phi) is 5.93. The first-order valence-corrected chi connectivity index (χ1v) is 11.3. The number of hydrogen-bond acceptors (Lipinski definition) is 6. The van der Waals surface area contributed by atoms with Crippen LogP contribution in [0.15, 0.2) is 24.4 Å². The molecule has 0 aliphatic carbocycles. The molecule has 0 N–H and O–H groups in total. The molecule has 0 unspecified atom stereocenters. The van der Waals surface area contributed by atoms with Crippen molar-refractivity contribution < 1.29 is 17.6 Å². The largest absolute Gasteiger partial charge is 0.401 e. The summed E-state index contributed by atoms with van der Waals surface area (Å²) in [4.78, 5) is 11.7. The van der Waals surface area contributed by atoms with Crippen LogP contribution >= 0.6 is 11.6 Å². The summed E-state index contributed by atoms with van der Waals surface area (Å²) in [6.07, 6.45) is -1.69. The third-order valence-corrected chi connectivity index (χ3v) is 6.48. The lowest BCUT2D eigenvalue weighted by atomic mass is 9.95. The minimum Gasteiger partial charge on any atom is -0.341 e. The van der Waals surface area contributed by atoms with E-state index in [1.54, 1.807) is 19.1 Å². The predicted molar refractivity (Wildman–Crippen MR) is 117 cm³/mol. The maximum Gasteiger partial charge on any atom is 0.401 e. The molecule has 2 aliphatic heterocycles. The van der Waals surface area contributed by atoms with Gasteiger partial charge in [-0.15, -0.1) is 10.2 Å². The van der Waals surface area contributed by atoms with E-state index in [4.69, 9.17) is 11.6 Å². The van der Waals surface area contributed by atoms with Gasteiger partial charge in [0.2, 0.25) is 5.95 Å². The summed E-state index contributed by atoms with van der Waals surface area (Å²) < 4.78 is 55.0. The Labute approximate surface area is 198 Å². The second-order valence-corrected chi connectivity index (χ2v) is 9.14. The molecule has 3 aromatic rings. The van der Waals surface area contributed by atoms with Gasteiger partial charge in [0.15, 0.2) is 11.6 Å². The molecular weight excluding hydrogens is 474 g/mol. The highest BCUT2D eigenvalue weighted by Crippen LogP contribution is 2.34. The third-order valence-electron chi connectivity index (χ3n) is 6.25. The smallest absolute Gasteiger partial charge is 0.341 e. The van der Waals surface area contributed by atoms with Crippen molar-refractivity contribution in [1.29, 1.82) is 0 Å². The molecule has 180 valence electrons. The van der Waals surface area contributed by atoms with Crippen molar-refractivity contribution in [2.24, 2.45) is 0 Å². The Bertz CT molecular complexity index is 1200. The molecule has 0 bridgehead atoms. The predicted octanol–water partition coefficient (Wildman–Crippen LogP) is 4.42. The van der Waals surface area contributed by atoms with Crippen LogP contribution in [-0.2, 0) is 13.1 Å². The molecule has 5 rings (SSSR count). The van der Waals surface area contributed by atoms with E-state index >= 15 is 0 Å². The van der Waals surface area contributed by atoms with E-state index in [0.717, 1.165) is 24.4 Å². The highest BCUT2D eigenvalue weighted by atomic mass is 35.5. The number of alkyl halides is 3. The number of hydrogen-bond donors (Lipinski definition) is 0. The molecule has 1 fully saturated rings. The van der Waals surface area contributed by atoms with Gasteiger partial charge in [0, 0.05) is 30.6 Å². The summed E-state index contributed by atoms with van der Waals surface area (Å²) in [6, 6.07) is 5.25. The van der Waals surface area contributed by atoms with Gasteiger partial charge < -0.3 is 4.90 Å². The fraction of sp³-hybridized carbons (Fsp3) is 0.455. The van der Waals surface area contributed by atoms with Gasteiger partial charge in [-0.3, -0.25) is 9.47 Å². The lowest BCUT2D eigenvalue weighted by molar-refractivity contribution is -0.148. The average Bonchev–Trinajstić information content (AvgIpc) is 3.11. The summed E-state index contributed by atoms with van der Waals surface area (Å²) in [6.45, 7) is 1.98. The molecule has 0 atom stereocenters. The number of piperidine rings is 1. The maximum absolute atomic E-state index is 13.5. The summed E-state index contributed by atoms with van der Waals surface area (Å²) in [5, 5.41) is 9.16. The van der Waals surface area contributed by atoms with Gasteiger partial charge in [-0.1, -0.05) is 11.6 Å². The number of anilines is 1. The summed E-state index contributed by atoms with van der Waals surface area (Å²) >= 11 is 6.17. The first kappa shape index (κ1) is 23.0. The zero-order valence-electron chi connectivity index (χ0n) is 18.4. The lowest BCUT2D eigenvalue weighted by Crippen LogP contribution is -2.35. The van der Waals surface area contributed by atoms with Gasteiger partial charge in [-0.05, 0) is 43.5 Å². The highest BCUT2D eigenvalue weighted by molar-refractivity contribution is 6.30. The number of aromatic nitrogens is 5. The fourth-order valence-corrected chi connectivity index (χ4v) is 4.85. The van der Waals surface area contributed by atoms with Crippen LogP contribution in [0.2, 0.25) is 5.02 Å². The van der Waals surface area contributed by atoms with Gasteiger partial charge >= 0.3 is 6.18 Å². The van der Waals surface area contributed by atoms with Crippen LogP contribution in [0.25, 0.3) is 5.69 Å². The molecule has 2 aromatic heterocycles. The van der Waals surface area contributed by atoms with Gasteiger partial charge in [0.05, 0.1) is 30.7 Å². The van der Waals surface area contributed by atoms with Crippen molar-refractivity contribution in [3.63, 3.8) is 0 Å². The Morgan fingerprint density at radius 2 is 1.88 bits per heavy atom. The van der Waals surface area contributed by atoms with Crippen LogP contribution < -0.4 is 4.90 Å². The SMILES string of the molecule is Cc1nc(N2CCC(c3nnc4n3-c3ccc(Cl)cc3CN(CC(F)(F)F)C4)CC2)ncc1F. The van der Waals surface area contributed by atoms with Crippen LogP contribution in [0.4, 0.5) is 23.5 Å². The van der Waals surface area contributed by atoms with E-state index in [9.17, 15) is 17.6 Å². The number of nitrogens with zero attached hydrogens (tertiary/aromatic N) is 7. The van der Waals surface area contributed by atoms with Crippen molar-refractivity contribution in [3.05, 3.63) is 58.1 Å². The highest BCUT2D eigenvalue weighted by Gasteiger charge is 2.35. The molecule has 12 heteroatoms. The Balaban J connectivity index is 1.43. The number of benzene rings is 1. The Morgan fingerprint density at radius 3 is 2.59 bits per heavy atom. The number of rotatable bonds is 3. The number of halogens is 5. The minimum absolute atomic E-state index is 0.0281. The van der Waals surface area contributed by atoms with Crippen molar-refractivity contribution in [3.8, 4) is 5.69 Å². The van der Waals surface area contributed by atoms with Crippen LogP contribution in [0.5, 0.6) is 0 Å². The molecular formula is C22H22ClF4N7. The van der Waals surface area contributed by atoms with Crippen LogP contribution in [0.3, 0.4) is 0 Å². The van der Waals surface area contributed by atoms with Crippen LogP contribution in [0, 0.1) is 12.7 Å². The van der Waals surface area contributed by atoms with Gasteiger partial charge in [0.25, 0.3) is 0 Å². The molecule has 4 heterocycles. The Morgan fingerprint density at radius 1 is 1.12 bits per heavy atom. The molecule has 0 saturated carbocycles. The minimum atomic E-state index is -4.33. The zero-order chi connectivity index (χ0) is 24.0. The normalized spacial score (nSPS) is 17.4. The van der Waals surface area contributed by atoms with E-state index in [1.165, 1.54) is 11.1 Å². The maximum atomic E-state index is 13.5. The number of fused-ring (bicyclic) bond motifs is 3. The van der Waals surface area contributed by atoms with Gasteiger partial charge in [-0.25, -0.2) is 14.4 Å². The van der Waals surface area contributed by atoms with Crippen molar-refractivity contribution in [1.82, 2.24) is 29.6 Å². The third kappa shape index (κ3) is 4.58. The molecule has 0 amide bonds. The molecule has 1 aromatic carbocycles. The van der Waals surface area contributed by atoms with E-state index in [-0.39, 0.29) is 19.0 Å². The number of aryl methyl sites for hydroxylation is 1. The molecule has 34 heavy (non-hydrogen) atoms. The molecule has 2 aliphatic rings. The summed E-state index contributed by atoms with van der Waals surface area (Å²) in [5.74, 6) is 1.29. The van der Waals surface area contributed by atoms with E-state index in [0.29, 0.717) is 41.1 Å². The van der Waals surface area contributed by atoms with Crippen LogP contribution in [0.1, 0.15) is 41.7 Å². The summed E-state index contributed by atoms with van der Waals surface area (Å²) in [5.41, 5.74) is 1.75. The quantitative estimate of drug-likeness (QED) is 0.501. The van der Waals surface area contributed by atoms with E-state index in [1.807, 2.05) is 15.5 Å².